The second-order valence-electron chi connectivity index (χ2n) is 4.17. The molecule has 0 saturated heterocycles. The van der Waals surface area contributed by atoms with Crippen LogP contribution in [0.1, 0.15) is 32.4 Å². The molecule has 0 bridgehead atoms. The number of carbonyl (C=O) groups excluding carboxylic acids is 1. The summed E-state index contributed by atoms with van der Waals surface area (Å²) < 4.78 is 6.92. The van der Waals surface area contributed by atoms with Crippen LogP contribution in [-0.4, -0.2) is 23.7 Å². The van der Waals surface area contributed by atoms with E-state index in [-0.39, 0.29) is 18.6 Å². The first-order valence-corrected chi connectivity index (χ1v) is 5.55. The van der Waals surface area contributed by atoms with E-state index in [2.05, 4.69) is 12.2 Å². The average Bonchev–Trinajstić information content (AvgIpc) is 2.63. The second kappa shape index (κ2) is 5.70. The fourth-order valence-electron chi connectivity index (χ4n) is 1.43. The molecule has 1 atom stereocenters. The van der Waals surface area contributed by atoms with Crippen molar-refractivity contribution in [1.82, 2.24) is 9.88 Å². The Morgan fingerprint density at radius 1 is 1.50 bits per heavy atom. The van der Waals surface area contributed by atoms with Crippen molar-refractivity contribution in [3.63, 3.8) is 0 Å². The minimum atomic E-state index is -0.200. The lowest BCUT2D eigenvalue weighted by Gasteiger charge is -2.09. The molecule has 0 saturated carbocycles. The zero-order valence-corrected chi connectivity index (χ0v) is 10.4. The van der Waals surface area contributed by atoms with Crippen LogP contribution in [0.4, 0.5) is 0 Å². The smallest absolute Gasteiger partial charge is 0.326 e. The van der Waals surface area contributed by atoms with Gasteiger partial charge in [0, 0.05) is 18.4 Å². The third kappa shape index (κ3) is 3.70. The van der Waals surface area contributed by atoms with Gasteiger partial charge in [-0.25, -0.2) is 0 Å². The maximum Gasteiger partial charge on any atom is 0.326 e. The zero-order valence-electron chi connectivity index (χ0n) is 10.4. The first-order chi connectivity index (χ1) is 7.52. The van der Waals surface area contributed by atoms with E-state index in [4.69, 9.17) is 4.74 Å². The molecule has 0 amide bonds. The molecule has 1 aromatic heterocycles. The Bertz CT molecular complexity index is 345. The average molecular weight is 224 g/mol. The van der Waals surface area contributed by atoms with Gasteiger partial charge >= 0.3 is 5.97 Å². The highest BCUT2D eigenvalue weighted by atomic mass is 16.5. The molecule has 0 spiro atoms. The van der Waals surface area contributed by atoms with Gasteiger partial charge in [-0.3, -0.25) is 4.79 Å². The van der Waals surface area contributed by atoms with E-state index >= 15 is 0 Å². The summed E-state index contributed by atoms with van der Waals surface area (Å²) in [6.45, 7) is 6.05. The normalized spacial score (nSPS) is 12.8. The molecule has 1 aromatic rings. The number of aromatic nitrogens is 1. The van der Waals surface area contributed by atoms with Gasteiger partial charge in [0.2, 0.25) is 0 Å². The number of carbonyl (C=O) groups is 1. The molecule has 1 rings (SSSR count). The summed E-state index contributed by atoms with van der Waals surface area (Å²) in [7, 11) is 1.91. The summed E-state index contributed by atoms with van der Waals surface area (Å²) in [5, 5.41) is 3.15. The Kier molecular flexibility index (Phi) is 4.55. The van der Waals surface area contributed by atoms with Gasteiger partial charge in [-0.05, 0) is 39.4 Å². The number of ether oxygens (including phenoxy) is 1. The van der Waals surface area contributed by atoms with Crippen LogP contribution in [0.2, 0.25) is 0 Å². The third-order valence-corrected chi connectivity index (χ3v) is 2.39. The maximum atomic E-state index is 11.4. The van der Waals surface area contributed by atoms with Gasteiger partial charge in [0.15, 0.2) is 0 Å². The van der Waals surface area contributed by atoms with Gasteiger partial charge in [0.25, 0.3) is 0 Å². The summed E-state index contributed by atoms with van der Waals surface area (Å²) >= 11 is 0. The predicted molar refractivity (Wildman–Crippen MR) is 63.1 cm³/mol. The molecule has 0 fully saturated rings. The fraction of sp³-hybridized carbons (Fsp3) is 0.583. The van der Waals surface area contributed by atoms with Gasteiger partial charge in [-0.1, -0.05) is 0 Å². The Morgan fingerprint density at radius 2 is 2.19 bits per heavy atom. The van der Waals surface area contributed by atoms with Crippen molar-refractivity contribution in [3.05, 3.63) is 24.0 Å². The highest BCUT2D eigenvalue weighted by molar-refractivity contribution is 5.69. The van der Waals surface area contributed by atoms with E-state index in [0.29, 0.717) is 6.04 Å². The number of hydrogen-bond acceptors (Lipinski definition) is 3. The summed E-state index contributed by atoms with van der Waals surface area (Å²) in [6, 6.07) is 2.30. The molecular weight excluding hydrogens is 204 g/mol. The molecule has 1 N–H and O–H groups in total. The first-order valence-electron chi connectivity index (χ1n) is 5.55. The molecule has 0 aliphatic heterocycles. The number of esters is 1. The van der Waals surface area contributed by atoms with Crippen molar-refractivity contribution < 1.29 is 9.53 Å². The van der Waals surface area contributed by atoms with Gasteiger partial charge in [0.1, 0.15) is 6.54 Å². The molecular formula is C12H20N2O2. The molecule has 16 heavy (non-hydrogen) atoms. The highest BCUT2D eigenvalue weighted by Gasteiger charge is 2.08. The van der Waals surface area contributed by atoms with Crippen molar-refractivity contribution in [1.29, 1.82) is 0 Å². The lowest BCUT2D eigenvalue weighted by molar-refractivity contribution is -0.148. The van der Waals surface area contributed by atoms with Crippen LogP contribution in [0.25, 0.3) is 0 Å². The fourth-order valence-corrected chi connectivity index (χ4v) is 1.43. The standard InChI is InChI=1S/C12H20N2O2/c1-9(2)16-12(15)8-14-6-5-11(7-14)10(3)13-4/h5-7,9-10,13H,8H2,1-4H3. The van der Waals surface area contributed by atoms with Gasteiger partial charge in [-0.2, -0.15) is 0 Å². The molecule has 0 aliphatic carbocycles. The van der Waals surface area contributed by atoms with Crippen LogP contribution in [-0.2, 0) is 16.1 Å². The van der Waals surface area contributed by atoms with Crippen LogP contribution in [0, 0.1) is 0 Å². The van der Waals surface area contributed by atoms with Crippen LogP contribution in [0.3, 0.4) is 0 Å². The number of nitrogens with one attached hydrogen (secondary N) is 1. The molecule has 4 heteroatoms. The van der Waals surface area contributed by atoms with Gasteiger partial charge < -0.3 is 14.6 Å². The maximum absolute atomic E-state index is 11.4. The Morgan fingerprint density at radius 3 is 2.75 bits per heavy atom. The van der Waals surface area contributed by atoms with Crippen LogP contribution in [0.5, 0.6) is 0 Å². The molecule has 1 unspecified atom stereocenters. The number of rotatable bonds is 5. The minimum absolute atomic E-state index is 0.0567. The van der Waals surface area contributed by atoms with E-state index < -0.39 is 0 Å². The van der Waals surface area contributed by atoms with E-state index in [0.717, 1.165) is 0 Å². The monoisotopic (exact) mass is 224 g/mol. The van der Waals surface area contributed by atoms with Crippen molar-refractivity contribution in [2.75, 3.05) is 7.05 Å². The topological polar surface area (TPSA) is 43.3 Å². The molecule has 1 heterocycles. The second-order valence-corrected chi connectivity index (χ2v) is 4.17. The van der Waals surface area contributed by atoms with Crippen molar-refractivity contribution in [2.24, 2.45) is 0 Å². The highest BCUT2D eigenvalue weighted by Crippen LogP contribution is 2.11. The van der Waals surface area contributed by atoms with Gasteiger partial charge in [-0.15, -0.1) is 0 Å². The van der Waals surface area contributed by atoms with E-state index in [9.17, 15) is 4.79 Å². The van der Waals surface area contributed by atoms with Crippen LogP contribution in [0.15, 0.2) is 18.5 Å². The van der Waals surface area contributed by atoms with Crippen molar-refractivity contribution in [3.8, 4) is 0 Å². The van der Waals surface area contributed by atoms with Gasteiger partial charge in [0.05, 0.1) is 6.10 Å². The minimum Gasteiger partial charge on any atom is -0.462 e. The van der Waals surface area contributed by atoms with E-state index in [1.54, 1.807) is 0 Å². The Balaban J connectivity index is 2.55. The molecule has 90 valence electrons. The quantitative estimate of drug-likeness (QED) is 0.774. The number of nitrogens with zero attached hydrogens (tertiary/aromatic N) is 1. The van der Waals surface area contributed by atoms with Crippen molar-refractivity contribution in [2.45, 2.75) is 39.5 Å². The summed E-state index contributed by atoms with van der Waals surface area (Å²) in [5.41, 5.74) is 1.17. The van der Waals surface area contributed by atoms with Crippen LogP contribution < -0.4 is 5.32 Å². The van der Waals surface area contributed by atoms with E-state index in [1.165, 1.54) is 5.56 Å². The molecule has 0 radical (unpaired) electrons. The SMILES string of the molecule is CNC(C)c1ccn(CC(=O)OC(C)C)c1. The van der Waals surface area contributed by atoms with Crippen LogP contribution >= 0.6 is 0 Å². The number of hydrogen-bond donors (Lipinski definition) is 1. The molecule has 0 aromatic carbocycles. The van der Waals surface area contributed by atoms with Crippen molar-refractivity contribution >= 4 is 5.97 Å². The lowest BCUT2D eigenvalue weighted by atomic mass is 10.2. The molecule has 0 aliphatic rings. The third-order valence-electron chi connectivity index (χ3n) is 2.39. The largest absolute Gasteiger partial charge is 0.462 e. The summed E-state index contributed by atoms with van der Waals surface area (Å²) in [5.74, 6) is -0.200. The lowest BCUT2D eigenvalue weighted by Crippen LogP contribution is -2.17. The Labute approximate surface area is 96.6 Å². The summed E-state index contributed by atoms with van der Waals surface area (Å²) in [4.78, 5) is 11.4. The van der Waals surface area contributed by atoms with E-state index in [1.807, 2.05) is 43.9 Å². The summed E-state index contributed by atoms with van der Waals surface area (Å²) in [6.07, 6.45) is 3.80. The zero-order chi connectivity index (χ0) is 12.1. The predicted octanol–water partition coefficient (Wildman–Crippen LogP) is 1.72. The first kappa shape index (κ1) is 12.8. The Hall–Kier alpha value is -1.29. The molecule has 4 nitrogen and oxygen atoms in total.